The summed E-state index contributed by atoms with van der Waals surface area (Å²) in [7, 11) is 0. The van der Waals surface area contributed by atoms with Crippen molar-refractivity contribution in [2.45, 2.75) is 74.9 Å². The number of hydrogen-bond acceptors (Lipinski definition) is 7. The van der Waals surface area contributed by atoms with Gasteiger partial charge in [0.05, 0.1) is 42.2 Å². The van der Waals surface area contributed by atoms with Crippen LogP contribution in [0.15, 0.2) is 41.2 Å². The molecular weight excluding hydrogens is 501 g/mol. The summed E-state index contributed by atoms with van der Waals surface area (Å²) in [5.41, 5.74) is 0.0236. The highest BCUT2D eigenvalue weighted by molar-refractivity contribution is 5.85. The first-order valence-electron chi connectivity index (χ1n) is 12.9. The molecule has 1 saturated heterocycles. The number of ether oxygens (including phenoxy) is 1. The second kappa shape index (κ2) is 8.26. The van der Waals surface area contributed by atoms with Crippen LogP contribution in [-0.4, -0.2) is 43.9 Å². The van der Waals surface area contributed by atoms with Crippen LogP contribution in [0, 0.1) is 5.92 Å². The Morgan fingerprint density at radius 1 is 1.16 bits per heavy atom. The number of carboxylic acid groups (broad SMARTS) is 1. The Labute approximate surface area is 215 Å². The fourth-order valence-electron chi connectivity index (χ4n) is 6.65. The van der Waals surface area contributed by atoms with E-state index in [9.17, 15) is 18.0 Å². The third-order valence-corrected chi connectivity index (χ3v) is 8.73. The Morgan fingerprint density at radius 2 is 1.97 bits per heavy atom. The molecule has 1 aliphatic heterocycles. The molecule has 0 radical (unpaired) electrons. The van der Waals surface area contributed by atoms with Crippen LogP contribution >= 0.6 is 0 Å². The highest BCUT2D eigenvalue weighted by Gasteiger charge is 2.73. The van der Waals surface area contributed by atoms with Crippen LogP contribution < -0.4 is 4.90 Å². The Bertz CT molecular complexity index is 1400. The summed E-state index contributed by atoms with van der Waals surface area (Å²) >= 11 is 0. The van der Waals surface area contributed by atoms with E-state index in [-0.39, 0.29) is 47.2 Å². The van der Waals surface area contributed by atoms with E-state index in [4.69, 9.17) is 14.4 Å². The predicted octanol–water partition coefficient (Wildman–Crippen LogP) is 5.44. The number of rotatable bonds is 7. The summed E-state index contributed by atoms with van der Waals surface area (Å²) in [5.74, 6) is 0.781. The smallest absolute Gasteiger partial charge is 0.417 e. The van der Waals surface area contributed by atoms with Gasteiger partial charge in [0.2, 0.25) is 0 Å². The van der Waals surface area contributed by atoms with Crippen molar-refractivity contribution in [1.82, 2.24) is 15.1 Å². The van der Waals surface area contributed by atoms with Gasteiger partial charge in [-0.3, -0.25) is 0 Å². The maximum absolute atomic E-state index is 13.8. The number of benzene rings is 1. The molecule has 4 atom stereocenters. The van der Waals surface area contributed by atoms with Crippen molar-refractivity contribution < 1.29 is 32.3 Å². The van der Waals surface area contributed by atoms with E-state index in [2.05, 4.69) is 20.0 Å². The van der Waals surface area contributed by atoms with Crippen molar-refractivity contribution in [3.05, 3.63) is 59.2 Å². The summed E-state index contributed by atoms with van der Waals surface area (Å²) in [6.07, 6.45) is 3.81. The average Bonchev–Trinajstić information content (AvgIpc) is 3.80. The quantitative estimate of drug-likeness (QED) is 0.406. The highest BCUT2D eigenvalue weighted by atomic mass is 19.4. The van der Waals surface area contributed by atoms with Crippen LogP contribution in [0.25, 0.3) is 11.3 Å². The number of anilines is 1. The largest absolute Gasteiger partial charge is 0.476 e. The summed E-state index contributed by atoms with van der Waals surface area (Å²) < 4.78 is 53.3. The topological polar surface area (TPSA) is 101 Å². The number of aromatic nitrogens is 3. The number of nitrogens with zero attached hydrogens (tertiary/aromatic N) is 4. The van der Waals surface area contributed by atoms with Gasteiger partial charge in [0.1, 0.15) is 17.3 Å². The third kappa shape index (κ3) is 3.62. The minimum Gasteiger partial charge on any atom is -0.476 e. The Kier molecular flexibility index (Phi) is 5.14. The fourth-order valence-corrected chi connectivity index (χ4v) is 6.65. The lowest BCUT2D eigenvalue weighted by Gasteiger charge is -2.42. The van der Waals surface area contributed by atoms with Crippen molar-refractivity contribution in [3.8, 4) is 11.3 Å². The van der Waals surface area contributed by atoms with E-state index in [1.807, 2.05) is 0 Å². The normalized spacial score (nSPS) is 27.9. The molecular formula is C27H25F3N4O4. The Balaban J connectivity index is 1.11. The summed E-state index contributed by atoms with van der Waals surface area (Å²) in [6, 6.07) is 5.67. The maximum Gasteiger partial charge on any atom is 0.417 e. The van der Waals surface area contributed by atoms with E-state index < -0.39 is 17.7 Å². The number of carbonyl (C=O) groups is 1. The van der Waals surface area contributed by atoms with Gasteiger partial charge in [0.15, 0.2) is 5.69 Å². The molecule has 1 aromatic carbocycles. The molecule has 38 heavy (non-hydrogen) atoms. The first-order chi connectivity index (χ1) is 18.3. The van der Waals surface area contributed by atoms with Gasteiger partial charge in [-0.1, -0.05) is 23.4 Å². The van der Waals surface area contributed by atoms with Gasteiger partial charge < -0.3 is 19.3 Å². The maximum atomic E-state index is 13.8. The first-order valence-corrected chi connectivity index (χ1v) is 12.9. The lowest BCUT2D eigenvalue weighted by atomic mass is 9.64. The molecule has 3 aromatic rings. The van der Waals surface area contributed by atoms with Crippen molar-refractivity contribution in [2.75, 3.05) is 4.90 Å². The second-order valence-electron chi connectivity index (χ2n) is 10.8. The molecule has 11 heteroatoms. The minimum absolute atomic E-state index is 0.00709. The van der Waals surface area contributed by atoms with Gasteiger partial charge in [-0.05, 0) is 50.5 Å². The monoisotopic (exact) mass is 526 g/mol. The third-order valence-electron chi connectivity index (χ3n) is 8.73. The molecule has 2 unspecified atom stereocenters. The van der Waals surface area contributed by atoms with Gasteiger partial charge >= 0.3 is 12.1 Å². The van der Waals surface area contributed by atoms with Crippen molar-refractivity contribution in [3.63, 3.8) is 0 Å². The zero-order chi connectivity index (χ0) is 26.2. The molecule has 7 rings (SSSR count). The fraction of sp³-hybridized carbons (Fsp3) is 0.481. The summed E-state index contributed by atoms with van der Waals surface area (Å²) in [5, 5.41) is 13.2. The van der Waals surface area contributed by atoms with Crippen LogP contribution in [0.5, 0.6) is 0 Å². The van der Waals surface area contributed by atoms with Crippen LogP contribution in [-0.2, 0) is 17.5 Å². The SMILES string of the molecule is O=C(O)c1cnc(N2C3C[C@@H](OCc4c(-c5ccccc5C(F)(F)F)noc4C4CC4)C[C@@H]4CCC342)cn1. The van der Waals surface area contributed by atoms with Crippen molar-refractivity contribution in [1.29, 1.82) is 0 Å². The minimum atomic E-state index is -4.51. The molecule has 8 nitrogen and oxygen atoms in total. The number of aromatic carboxylic acids is 1. The van der Waals surface area contributed by atoms with Crippen LogP contribution in [0.4, 0.5) is 19.0 Å². The molecule has 4 fully saturated rings. The van der Waals surface area contributed by atoms with Crippen molar-refractivity contribution in [2.24, 2.45) is 5.92 Å². The standard InChI is InChI=1S/C27H25F3N4O4/c28-27(29,30)19-4-2-1-3-17(19)23-18(24(38-33-23)14-5-6-14)13-37-16-9-15-7-8-26(15)21(10-16)34(26)22-12-31-20(11-32-22)25(35)36/h1-4,11-12,14-16,21H,5-10,13H2,(H,35,36)/t15-,16-,21?,26?,34?/m0/s1. The molecule has 2 aromatic heterocycles. The number of carboxylic acids is 1. The van der Waals surface area contributed by atoms with Crippen LogP contribution in [0.2, 0.25) is 0 Å². The predicted molar refractivity (Wildman–Crippen MR) is 127 cm³/mol. The average molecular weight is 527 g/mol. The van der Waals surface area contributed by atoms with E-state index in [1.165, 1.54) is 24.5 Å². The van der Waals surface area contributed by atoms with Crippen LogP contribution in [0.1, 0.15) is 71.8 Å². The van der Waals surface area contributed by atoms with Gasteiger partial charge in [0, 0.05) is 17.0 Å². The molecule has 1 N–H and O–H groups in total. The molecule has 3 heterocycles. The van der Waals surface area contributed by atoms with E-state index in [1.54, 1.807) is 6.07 Å². The zero-order valence-corrected chi connectivity index (χ0v) is 20.3. The molecule has 3 aliphatic carbocycles. The molecule has 3 saturated carbocycles. The lowest BCUT2D eigenvalue weighted by molar-refractivity contribution is -0.137. The number of alkyl halides is 3. The lowest BCUT2D eigenvalue weighted by Crippen LogP contribution is -2.46. The van der Waals surface area contributed by atoms with E-state index in [0.29, 0.717) is 23.1 Å². The van der Waals surface area contributed by atoms with Gasteiger partial charge in [-0.25, -0.2) is 14.8 Å². The molecule has 1 spiro atoms. The van der Waals surface area contributed by atoms with Crippen molar-refractivity contribution >= 4 is 11.8 Å². The number of hydrogen-bond donors (Lipinski definition) is 1. The van der Waals surface area contributed by atoms with Gasteiger partial charge in [-0.2, -0.15) is 13.2 Å². The molecule has 198 valence electrons. The number of halogens is 3. The molecule has 0 bridgehead atoms. The van der Waals surface area contributed by atoms with Gasteiger partial charge in [-0.15, -0.1) is 0 Å². The second-order valence-corrected chi connectivity index (χ2v) is 10.8. The first kappa shape index (κ1) is 23.6. The summed E-state index contributed by atoms with van der Waals surface area (Å²) in [6.45, 7) is 0.140. The zero-order valence-electron chi connectivity index (χ0n) is 20.3. The van der Waals surface area contributed by atoms with Crippen LogP contribution in [0.3, 0.4) is 0 Å². The Hall–Kier alpha value is -3.47. The van der Waals surface area contributed by atoms with E-state index >= 15 is 0 Å². The Morgan fingerprint density at radius 3 is 2.63 bits per heavy atom. The van der Waals surface area contributed by atoms with Gasteiger partial charge in [0.25, 0.3) is 0 Å². The molecule has 0 amide bonds. The highest BCUT2D eigenvalue weighted by Crippen LogP contribution is 2.65. The van der Waals surface area contributed by atoms with E-state index in [0.717, 1.165) is 44.6 Å². The summed E-state index contributed by atoms with van der Waals surface area (Å²) in [4.78, 5) is 21.8. The molecule has 4 aliphatic rings.